The van der Waals surface area contributed by atoms with Crippen molar-refractivity contribution in [1.29, 1.82) is 0 Å². The predicted octanol–water partition coefficient (Wildman–Crippen LogP) is 3.82. The molecule has 0 radical (unpaired) electrons. The highest BCUT2D eigenvalue weighted by Crippen LogP contribution is 2.21. The maximum atomic E-state index is 13.5. The molecule has 2 aromatic carbocycles. The number of thioether (sulfide) groups is 1. The van der Waals surface area contributed by atoms with Crippen molar-refractivity contribution in [1.82, 2.24) is 5.32 Å². The monoisotopic (exact) mass is 381 g/mol. The highest BCUT2D eigenvalue weighted by Gasteiger charge is 2.18. The van der Waals surface area contributed by atoms with Crippen LogP contribution in [0, 0.1) is 5.82 Å². The summed E-state index contributed by atoms with van der Waals surface area (Å²) in [6, 6.07) is 13.3. The first kappa shape index (κ1) is 19.3. The van der Waals surface area contributed by atoms with Crippen molar-refractivity contribution < 1.29 is 18.7 Å². The molecular weight excluding hydrogens is 365 g/mol. The third kappa shape index (κ3) is 6.07. The maximum absolute atomic E-state index is 13.5. The number of amides is 1. The second-order valence-electron chi connectivity index (χ2n) is 5.16. The zero-order valence-electron chi connectivity index (χ0n) is 13.5. The Morgan fingerprint density at radius 2 is 1.88 bits per heavy atom. The number of hydrogen-bond acceptors (Lipinski definition) is 4. The van der Waals surface area contributed by atoms with Crippen molar-refractivity contribution in [2.45, 2.75) is 24.5 Å². The fraction of sp³-hybridized carbons (Fsp3) is 0.222. The van der Waals surface area contributed by atoms with Crippen LogP contribution in [-0.4, -0.2) is 23.7 Å². The van der Waals surface area contributed by atoms with Crippen LogP contribution >= 0.6 is 23.4 Å². The fourth-order valence-electron chi connectivity index (χ4n) is 1.95. The minimum atomic E-state index is -0.948. The summed E-state index contributed by atoms with van der Waals surface area (Å²) in [7, 11) is 0. The highest BCUT2D eigenvalue weighted by atomic mass is 35.5. The summed E-state index contributed by atoms with van der Waals surface area (Å²) in [5.41, 5.74) is 0.770. The average molecular weight is 382 g/mol. The van der Waals surface area contributed by atoms with Gasteiger partial charge in [-0.15, -0.1) is 11.8 Å². The molecule has 1 amide bonds. The number of ether oxygens (including phenoxy) is 1. The second-order valence-corrected chi connectivity index (χ2v) is 6.58. The number of carbonyl (C=O) groups is 2. The lowest BCUT2D eigenvalue weighted by Crippen LogP contribution is -2.35. The van der Waals surface area contributed by atoms with E-state index in [1.807, 2.05) is 6.07 Å². The zero-order valence-corrected chi connectivity index (χ0v) is 15.1. The summed E-state index contributed by atoms with van der Waals surface area (Å²) in [4.78, 5) is 24.2. The zero-order chi connectivity index (χ0) is 18.2. The van der Waals surface area contributed by atoms with Crippen molar-refractivity contribution >= 4 is 35.2 Å². The van der Waals surface area contributed by atoms with Crippen LogP contribution in [0.1, 0.15) is 12.5 Å². The Morgan fingerprint density at radius 3 is 2.60 bits per heavy atom. The number of esters is 1. The van der Waals surface area contributed by atoms with Gasteiger partial charge in [-0.05, 0) is 30.7 Å². The van der Waals surface area contributed by atoms with Crippen molar-refractivity contribution in [3.05, 3.63) is 64.9 Å². The quantitative estimate of drug-likeness (QED) is 0.585. The van der Waals surface area contributed by atoms with Crippen LogP contribution in [0.25, 0.3) is 0 Å². The summed E-state index contributed by atoms with van der Waals surface area (Å²) in [6.07, 6.45) is -0.948. The van der Waals surface area contributed by atoms with E-state index in [9.17, 15) is 14.0 Å². The number of halogens is 2. The minimum Gasteiger partial charge on any atom is -0.452 e. The van der Waals surface area contributed by atoms with Gasteiger partial charge in [0.15, 0.2) is 6.10 Å². The van der Waals surface area contributed by atoms with Gasteiger partial charge in [0, 0.05) is 16.5 Å². The first-order chi connectivity index (χ1) is 12.0. The van der Waals surface area contributed by atoms with Crippen LogP contribution < -0.4 is 5.32 Å². The Kier molecular flexibility index (Phi) is 7.28. The van der Waals surface area contributed by atoms with E-state index in [-0.39, 0.29) is 12.3 Å². The van der Waals surface area contributed by atoms with E-state index in [4.69, 9.17) is 16.3 Å². The molecule has 0 aliphatic rings. The lowest BCUT2D eigenvalue weighted by atomic mass is 10.2. The van der Waals surface area contributed by atoms with Gasteiger partial charge in [0.2, 0.25) is 0 Å². The first-order valence-corrected chi connectivity index (χ1v) is 8.91. The van der Waals surface area contributed by atoms with Gasteiger partial charge in [0.1, 0.15) is 5.82 Å². The van der Waals surface area contributed by atoms with E-state index < -0.39 is 23.8 Å². The number of nitrogens with one attached hydrogen (secondary N) is 1. The van der Waals surface area contributed by atoms with Crippen molar-refractivity contribution in [3.63, 3.8) is 0 Å². The normalized spacial score (nSPS) is 11.6. The van der Waals surface area contributed by atoms with Crippen LogP contribution in [0.5, 0.6) is 0 Å². The average Bonchev–Trinajstić information content (AvgIpc) is 2.60. The summed E-state index contributed by atoms with van der Waals surface area (Å²) < 4.78 is 18.5. The van der Waals surface area contributed by atoms with Crippen LogP contribution in [0.4, 0.5) is 4.39 Å². The Morgan fingerprint density at radius 1 is 1.20 bits per heavy atom. The van der Waals surface area contributed by atoms with E-state index in [0.29, 0.717) is 9.92 Å². The topological polar surface area (TPSA) is 55.4 Å². The lowest BCUT2D eigenvalue weighted by Gasteiger charge is -2.14. The molecule has 25 heavy (non-hydrogen) atoms. The van der Waals surface area contributed by atoms with Gasteiger partial charge < -0.3 is 10.1 Å². The van der Waals surface area contributed by atoms with E-state index in [0.717, 1.165) is 17.3 Å². The standard InChI is InChI=1S/C18H17ClFNO3S/c1-12(18(23)21-10-13-6-2-3-7-14(13)19)24-17(22)11-25-16-9-5-4-8-15(16)20/h2-9,12H,10-11H2,1H3,(H,21,23)/t12-/m1/s1. The SMILES string of the molecule is C[C@@H](OC(=O)CSc1ccccc1F)C(=O)NCc1ccccc1Cl. The van der Waals surface area contributed by atoms with Crippen molar-refractivity contribution in [2.24, 2.45) is 0 Å². The molecule has 0 spiro atoms. The van der Waals surface area contributed by atoms with Gasteiger partial charge in [-0.2, -0.15) is 0 Å². The largest absolute Gasteiger partial charge is 0.452 e. The van der Waals surface area contributed by atoms with Gasteiger partial charge in [0.25, 0.3) is 5.91 Å². The van der Waals surface area contributed by atoms with Crippen molar-refractivity contribution in [2.75, 3.05) is 5.75 Å². The van der Waals surface area contributed by atoms with E-state index in [1.54, 1.807) is 36.4 Å². The summed E-state index contributed by atoms with van der Waals surface area (Å²) in [5.74, 6) is -1.49. The lowest BCUT2D eigenvalue weighted by molar-refractivity contribution is -0.152. The molecule has 2 aromatic rings. The molecule has 7 heteroatoms. The molecule has 0 fully saturated rings. The van der Waals surface area contributed by atoms with E-state index >= 15 is 0 Å². The third-order valence-electron chi connectivity index (χ3n) is 3.27. The molecule has 0 aromatic heterocycles. The van der Waals surface area contributed by atoms with Gasteiger partial charge in [-0.1, -0.05) is 41.9 Å². The Hall–Kier alpha value is -2.05. The molecule has 0 saturated heterocycles. The molecule has 0 saturated carbocycles. The summed E-state index contributed by atoms with van der Waals surface area (Å²) in [5, 5.41) is 3.21. The Balaban J connectivity index is 1.77. The van der Waals surface area contributed by atoms with E-state index in [2.05, 4.69) is 5.32 Å². The van der Waals surface area contributed by atoms with Crippen LogP contribution in [0.15, 0.2) is 53.4 Å². The fourth-order valence-corrected chi connectivity index (χ4v) is 2.88. The molecule has 2 rings (SSSR count). The minimum absolute atomic E-state index is 0.0803. The van der Waals surface area contributed by atoms with Crippen molar-refractivity contribution in [3.8, 4) is 0 Å². The molecular formula is C18H17ClFNO3S. The maximum Gasteiger partial charge on any atom is 0.317 e. The summed E-state index contributed by atoms with van der Waals surface area (Å²) >= 11 is 7.04. The smallest absolute Gasteiger partial charge is 0.317 e. The van der Waals surface area contributed by atoms with Crippen LogP contribution in [-0.2, 0) is 20.9 Å². The number of carbonyl (C=O) groups excluding carboxylic acids is 2. The van der Waals surface area contributed by atoms with E-state index in [1.165, 1.54) is 13.0 Å². The van der Waals surface area contributed by atoms with Crippen LogP contribution in [0.3, 0.4) is 0 Å². The molecule has 132 valence electrons. The molecule has 1 atom stereocenters. The van der Waals surface area contributed by atoms with Gasteiger partial charge in [0.05, 0.1) is 5.75 Å². The first-order valence-electron chi connectivity index (χ1n) is 7.55. The highest BCUT2D eigenvalue weighted by molar-refractivity contribution is 8.00. The number of hydrogen-bond donors (Lipinski definition) is 1. The molecule has 0 bridgehead atoms. The molecule has 1 N–H and O–H groups in total. The van der Waals surface area contributed by atoms with Crippen LogP contribution in [0.2, 0.25) is 5.02 Å². The Bertz CT molecular complexity index is 757. The molecule has 0 aliphatic heterocycles. The van der Waals surface area contributed by atoms with Gasteiger partial charge in [-0.25, -0.2) is 4.39 Å². The van der Waals surface area contributed by atoms with Gasteiger partial charge in [-0.3, -0.25) is 9.59 Å². The number of benzene rings is 2. The molecule has 0 unspecified atom stereocenters. The molecule has 0 heterocycles. The number of rotatable bonds is 7. The second kappa shape index (κ2) is 9.44. The Labute approximate surface area is 154 Å². The summed E-state index contributed by atoms with van der Waals surface area (Å²) in [6.45, 7) is 1.72. The predicted molar refractivity (Wildman–Crippen MR) is 96.0 cm³/mol. The molecule has 0 aliphatic carbocycles. The third-order valence-corrected chi connectivity index (χ3v) is 4.66. The molecule has 4 nitrogen and oxygen atoms in total. The van der Waals surface area contributed by atoms with Gasteiger partial charge >= 0.3 is 5.97 Å².